The lowest BCUT2D eigenvalue weighted by molar-refractivity contribution is 0.00695. The van der Waals surface area contributed by atoms with Crippen LogP contribution in [0.1, 0.15) is 48.8 Å². The third-order valence-corrected chi connectivity index (χ3v) is 3.55. The molecule has 0 aliphatic heterocycles. The van der Waals surface area contributed by atoms with Gasteiger partial charge in [-0.15, -0.1) is 0 Å². The number of nitrogens with zero attached hydrogens (tertiary/aromatic N) is 2. The van der Waals surface area contributed by atoms with Crippen LogP contribution in [0.3, 0.4) is 0 Å². The zero-order valence-corrected chi connectivity index (χ0v) is 14.4. The quantitative estimate of drug-likeness (QED) is 0.853. The predicted molar refractivity (Wildman–Crippen MR) is 93.5 cm³/mol. The highest BCUT2D eigenvalue weighted by atomic mass is 16.6. The number of nitrogen functional groups attached to an aromatic ring is 1. The van der Waals surface area contributed by atoms with Crippen LogP contribution in [0.4, 0.5) is 5.69 Å². The monoisotopic (exact) mass is 325 g/mol. The normalized spacial score (nSPS) is 11.1. The number of aryl methyl sites for hydroxylation is 2. The second kappa shape index (κ2) is 7.22. The van der Waals surface area contributed by atoms with Gasteiger partial charge in [0.25, 0.3) is 0 Å². The van der Waals surface area contributed by atoms with Crippen LogP contribution in [0.5, 0.6) is 0 Å². The first-order valence-corrected chi connectivity index (χ1v) is 7.97. The van der Waals surface area contributed by atoms with Crippen molar-refractivity contribution in [3.63, 3.8) is 0 Å². The second-order valence-corrected chi connectivity index (χ2v) is 6.73. The van der Waals surface area contributed by atoms with E-state index in [1.54, 1.807) is 18.2 Å². The predicted octanol–water partition coefficient (Wildman–Crippen LogP) is 3.53. The van der Waals surface area contributed by atoms with Gasteiger partial charge in [0.1, 0.15) is 17.4 Å². The molecule has 1 aromatic heterocycles. The first-order valence-electron chi connectivity index (χ1n) is 7.97. The standard InChI is InChI=1S/C19H23N3O2/c1-19(2,3)24-18(23)15-8-6-14(7-9-15)5-4-11-22-12-10-16(21)17(22)13-20/h6-10,12H,4-5,11,21H2,1-3H3. The van der Waals surface area contributed by atoms with Gasteiger partial charge in [-0.05, 0) is 57.4 Å². The highest BCUT2D eigenvalue weighted by Gasteiger charge is 2.17. The van der Waals surface area contributed by atoms with Crippen molar-refractivity contribution < 1.29 is 9.53 Å². The number of benzene rings is 1. The molecule has 1 heterocycles. The molecule has 0 aliphatic rings. The van der Waals surface area contributed by atoms with Crippen LogP contribution in [-0.4, -0.2) is 16.1 Å². The molecular formula is C19H23N3O2. The van der Waals surface area contributed by atoms with Gasteiger partial charge in [0.15, 0.2) is 0 Å². The molecule has 24 heavy (non-hydrogen) atoms. The summed E-state index contributed by atoms with van der Waals surface area (Å²) in [4.78, 5) is 12.0. The van der Waals surface area contributed by atoms with Gasteiger partial charge in [-0.25, -0.2) is 4.79 Å². The van der Waals surface area contributed by atoms with Crippen molar-refractivity contribution in [1.29, 1.82) is 5.26 Å². The molecule has 2 rings (SSSR count). The number of nitriles is 1. The number of rotatable bonds is 5. The third-order valence-electron chi connectivity index (χ3n) is 3.55. The first kappa shape index (κ1) is 17.6. The Hall–Kier alpha value is -2.74. The molecule has 5 heteroatoms. The Labute approximate surface area is 142 Å². The molecule has 126 valence electrons. The second-order valence-electron chi connectivity index (χ2n) is 6.73. The SMILES string of the molecule is CC(C)(C)OC(=O)c1ccc(CCCn2ccc(N)c2C#N)cc1. The van der Waals surface area contributed by atoms with E-state index in [-0.39, 0.29) is 5.97 Å². The van der Waals surface area contributed by atoms with Gasteiger partial charge in [0.05, 0.1) is 11.3 Å². The highest BCUT2D eigenvalue weighted by molar-refractivity contribution is 5.89. The highest BCUT2D eigenvalue weighted by Crippen LogP contribution is 2.15. The van der Waals surface area contributed by atoms with Crippen LogP contribution in [0, 0.1) is 11.3 Å². The van der Waals surface area contributed by atoms with Crippen molar-refractivity contribution in [3.05, 3.63) is 53.3 Å². The van der Waals surface area contributed by atoms with Crippen LogP contribution in [-0.2, 0) is 17.7 Å². The Morgan fingerprint density at radius 2 is 1.92 bits per heavy atom. The number of carbonyl (C=O) groups is 1. The van der Waals surface area contributed by atoms with Gasteiger partial charge < -0.3 is 15.0 Å². The summed E-state index contributed by atoms with van der Waals surface area (Å²) in [6.07, 6.45) is 3.58. The topological polar surface area (TPSA) is 81.0 Å². The number of esters is 1. The van der Waals surface area contributed by atoms with Gasteiger partial charge in [-0.1, -0.05) is 12.1 Å². The van der Waals surface area contributed by atoms with Crippen molar-refractivity contribution in [2.24, 2.45) is 0 Å². The number of hydrogen-bond donors (Lipinski definition) is 1. The fraction of sp³-hybridized carbons (Fsp3) is 0.368. The zero-order chi connectivity index (χ0) is 17.7. The third kappa shape index (κ3) is 4.63. The molecule has 0 saturated carbocycles. The number of aromatic nitrogens is 1. The molecular weight excluding hydrogens is 302 g/mol. The molecule has 0 atom stereocenters. The Morgan fingerprint density at radius 1 is 1.25 bits per heavy atom. The van der Waals surface area contributed by atoms with Crippen molar-refractivity contribution in [3.8, 4) is 6.07 Å². The summed E-state index contributed by atoms with van der Waals surface area (Å²) >= 11 is 0. The summed E-state index contributed by atoms with van der Waals surface area (Å²) < 4.78 is 7.21. The molecule has 2 aromatic rings. The number of ether oxygens (including phenoxy) is 1. The molecule has 0 fully saturated rings. The van der Waals surface area contributed by atoms with E-state index < -0.39 is 5.60 Å². The molecule has 0 radical (unpaired) electrons. The molecule has 0 spiro atoms. The van der Waals surface area contributed by atoms with Gasteiger partial charge in [0.2, 0.25) is 0 Å². The minimum Gasteiger partial charge on any atom is -0.456 e. The van der Waals surface area contributed by atoms with Gasteiger partial charge in [-0.2, -0.15) is 5.26 Å². The molecule has 5 nitrogen and oxygen atoms in total. The van der Waals surface area contributed by atoms with E-state index in [9.17, 15) is 4.79 Å². The Morgan fingerprint density at radius 3 is 2.50 bits per heavy atom. The summed E-state index contributed by atoms with van der Waals surface area (Å²) in [5, 5.41) is 9.07. The first-order chi connectivity index (χ1) is 11.3. The van der Waals surface area contributed by atoms with E-state index in [1.807, 2.05) is 43.7 Å². The smallest absolute Gasteiger partial charge is 0.338 e. The summed E-state index contributed by atoms with van der Waals surface area (Å²) in [7, 11) is 0. The van der Waals surface area contributed by atoms with Crippen LogP contribution < -0.4 is 5.73 Å². The van der Waals surface area contributed by atoms with Gasteiger partial charge in [0, 0.05) is 12.7 Å². The summed E-state index contributed by atoms with van der Waals surface area (Å²) in [5.74, 6) is -0.310. The average Bonchev–Trinajstić information content (AvgIpc) is 2.86. The van der Waals surface area contributed by atoms with Crippen LogP contribution in [0.25, 0.3) is 0 Å². The van der Waals surface area contributed by atoms with E-state index in [0.717, 1.165) is 24.9 Å². The Kier molecular flexibility index (Phi) is 5.30. The van der Waals surface area contributed by atoms with E-state index in [1.165, 1.54) is 0 Å². The number of nitrogens with two attached hydrogens (primary N) is 1. The molecule has 2 N–H and O–H groups in total. The molecule has 0 amide bonds. The summed E-state index contributed by atoms with van der Waals surface area (Å²) in [5.41, 5.74) is 7.96. The van der Waals surface area contributed by atoms with Crippen molar-refractivity contribution in [1.82, 2.24) is 4.57 Å². The number of anilines is 1. The number of hydrogen-bond acceptors (Lipinski definition) is 4. The Balaban J connectivity index is 1.90. The Bertz CT molecular complexity index is 746. The van der Waals surface area contributed by atoms with Crippen LogP contribution >= 0.6 is 0 Å². The maximum Gasteiger partial charge on any atom is 0.338 e. The fourth-order valence-corrected chi connectivity index (χ4v) is 2.40. The van der Waals surface area contributed by atoms with Crippen LogP contribution in [0.2, 0.25) is 0 Å². The van der Waals surface area contributed by atoms with E-state index >= 15 is 0 Å². The van der Waals surface area contributed by atoms with Crippen molar-refractivity contribution >= 4 is 11.7 Å². The maximum atomic E-state index is 12.0. The van der Waals surface area contributed by atoms with Crippen molar-refractivity contribution in [2.75, 3.05) is 5.73 Å². The van der Waals surface area contributed by atoms with Crippen LogP contribution in [0.15, 0.2) is 36.5 Å². The molecule has 1 aromatic carbocycles. The zero-order valence-electron chi connectivity index (χ0n) is 14.4. The van der Waals surface area contributed by atoms with Gasteiger partial charge in [-0.3, -0.25) is 0 Å². The largest absolute Gasteiger partial charge is 0.456 e. The lowest BCUT2D eigenvalue weighted by atomic mass is 10.1. The van der Waals surface area contributed by atoms with E-state index in [4.69, 9.17) is 15.7 Å². The minimum atomic E-state index is -0.493. The van der Waals surface area contributed by atoms with Gasteiger partial charge >= 0.3 is 5.97 Å². The average molecular weight is 325 g/mol. The molecule has 0 aliphatic carbocycles. The lowest BCUT2D eigenvalue weighted by Crippen LogP contribution is -2.23. The minimum absolute atomic E-state index is 0.310. The van der Waals surface area contributed by atoms with E-state index in [2.05, 4.69) is 6.07 Å². The number of carbonyl (C=O) groups excluding carboxylic acids is 1. The lowest BCUT2D eigenvalue weighted by Gasteiger charge is -2.19. The summed E-state index contributed by atoms with van der Waals surface area (Å²) in [6.45, 7) is 6.28. The van der Waals surface area contributed by atoms with E-state index in [0.29, 0.717) is 16.9 Å². The summed E-state index contributed by atoms with van der Waals surface area (Å²) in [6, 6.07) is 11.3. The fourth-order valence-electron chi connectivity index (χ4n) is 2.40. The molecule has 0 saturated heterocycles. The van der Waals surface area contributed by atoms with Crippen molar-refractivity contribution in [2.45, 2.75) is 45.8 Å². The molecule has 0 unspecified atom stereocenters. The maximum absolute atomic E-state index is 12.0. The molecule has 0 bridgehead atoms.